The number of nitrogens with one attached hydrogen (secondary N) is 2. The van der Waals surface area contributed by atoms with E-state index in [1.54, 1.807) is 30.3 Å². The number of hydrogen-bond donors (Lipinski definition) is 4. The van der Waals surface area contributed by atoms with Gasteiger partial charge in [-0.1, -0.05) is 42.5 Å². The summed E-state index contributed by atoms with van der Waals surface area (Å²) in [6, 6.07) is 14.7. The van der Waals surface area contributed by atoms with Crippen LogP contribution in [0.25, 0.3) is 11.4 Å². The highest BCUT2D eigenvalue weighted by atomic mass is 32.2. The quantitative estimate of drug-likeness (QED) is 0.189. The average Bonchev–Trinajstić information content (AvgIpc) is 2.86. The second kappa shape index (κ2) is 10.1. The molecule has 4 rings (SSSR count). The highest BCUT2D eigenvalue weighted by molar-refractivity contribution is 7.89. The van der Waals surface area contributed by atoms with Crippen LogP contribution in [0.3, 0.4) is 0 Å². The third-order valence-corrected chi connectivity index (χ3v) is 6.59. The fourth-order valence-corrected chi connectivity index (χ4v) is 5.20. The average molecular weight is 529 g/mol. The monoisotopic (exact) mass is 528 g/mol. The van der Waals surface area contributed by atoms with E-state index in [9.17, 15) is 25.9 Å². The second-order valence-corrected chi connectivity index (χ2v) is 9.71. The normalized spacial score (nSPS) is 12.5. The van der Waals surface area contributed by atoms with E-state index in [1.165, 1.54) is 36.7 Å². The lowest BCUT2D eigenvalue weighted by atomic mass is 10.0. The summed E-state index contributed by atoms with van der Waals surface area (Å²) >= 11 is 0. The number of aromatic nitrogens is 6. The van der Waals surface area contributed by atoms with E-state index < -0.39 is 30.0 Å². The zero-order valence-corrected chi connectivity index (χ0v) is 19.6. The van der Waals surface area contributed by atoms with Gasteiger partial charge in [0.05, 0.1) is 23.8 Å². The Bertz CT molecular complexity index is 1620. The molecule has 4 N–H and O–H groups in total. The molecular formula is C20H16N8O6S2. The van der Waals surface area contributed by atoms with Crippen molar-refractivity contribution in [2.75, 3.05) is 10.6 Å². The van der Waals surface area contributed by atoms with Crippen LogP contribution in [-0.2, 0) is 20.2 Å². The molecule has 0 radical (unpaired) electrons. The maximum Gasteiger partial charge on any atom is 0.296 e. The summed E-state index contributed by atoms with van der Waals surface area (Å²) in [6.45, 7) is 0. The van der Waals surface area contributed by atoms with E-state index in [4.69, 9.17) is 0 Å². The van der Waals surface area contributed by atoms with Crippen LogP contribution in [0.5, 0.6) is 0 Å². The van der Waals surface area contributed by atoms with Crippen LogP contribution >= 0.6 is 0 Å². The number of hydrogen-bond acceptors (Lipinski definition) is 12. The first-order chi connectivity index (χ1) is 17.1. The van der Waals surface area contributed by atoms with E-state index in [0.717, 1.165) is 6.07 Å². The molecule has 2 aromatic heterocycles. The van der Waals surface area contributed by atoms with E-state index in [1.807, 2.05) is 0 Å². The van der Waals surface area contributed by atoms with E-state index in [0.29, 0.717) is 5.56 Å². The zero-order valence-electron chi connectivity index (χ0n) is 18.0. The Morgan fingerprint density at radius 3 is 1.75 bits per heavy atom. The molecule has 0 aliphatic carbocycles. The smallest absolute Gasteiger partial charge is 0.296 e. The summed E-state index contributed by atoms with van der Waals surface area (Å²) in [6.07, 6.45) is 2.68. The fourth-order valence-electron chi connectivity index (χ4n) is 3.20. The number of nitrogens with zero attached hydrogens (tertiary/aromatic N) is 6. The van der Waals surface area contributed by atoms with Gasteiger partial charge in [0.25, 0.3) is 20.2 Å². The Kier molecular flexibility index (Phi) is 6.93. The molecular weight excluding hydrogens is 512 g/mol. The highest BCUT2D eigenvalue weighted by Gasteiger charge is 2.30. The van der Waals surface area contributed by atoms with Gasteiger partial charge in [-0.25, -0.2) is 0 Å². The van der Waals surface area contributed by atoms with Crippen molar-refractivity contribution in [2.45, 2.75) is 9.79 Å². The number of benzene rings is 2. The lowest BCUT2D eigenvalue weighted by molar-refractivity contribution is 0.466. The molecule has 16 heteroatoms. The molecule has 0 fully saturated rings. The van der Waals surface area contributed by atoms with Gasteiger partial charge < -0.3 is 10.6 Å². The van der Waals surface area contributed by atoms with Crippen LogP contribution < -0.4 is 10.6 Å². The topological polar surface area (TPSA) is 210 Å². The van der Waals surface area contributed by atoms with E-state index >= 15 is 0 Å². The van der Waals surface area contributed by atoms with Gasteiger partial charge >= 0.3 is 0 Å². The highest BCUT2D eigenvalue weighted by Crippen LogP contribution is 2.35. The van der Waals surface area contributed by atoms with Crippen LogP contribution in [0, 0.1) is 0 Å². The molecule has 14 nitrogen and oxygen atoms in total. The Balaban J connectivity index is 2.11. The molecule has 0 saturated heterocycles. The van der Waals surface area contributed by atoms with Gasteiger partial charge in [-0.3, -0.25) is 9.11 Å². The maximum absolute atomic E-state index is 12.4. The van der Waals surface area contributed by atoms with Crippen LogP contribution in [0.4, 0.5) is 11.6 Å². The van der Waals surface area contributed by atoms with Crippen LogP contribution in [0.15, 0.2) is 82.8 Å². The third-order valence-electron chi connectivity index (χ3n) is 4.61. The third kappa shape index (κ3) is 5.63. The summed E-state index contributed by atoms with van der Waals surface area (Å²) in [5.74, 6) is 0.290. The predicted molar refractivity (Wildman–Crippen MR) is 126 cm³/mol. The number of anilines is 2. The summed E-state index contributed by atoms with van der Waals surface area (Å²) in [5, 5.41) is 27.9. The van der Waals surface area contributed by atoms with Gasteiger partial charge in [-0.05, 0) is 16.5 Å². The molecule has 36 heavy (non-hydrogen) atoms. The van der Waals surface area contributed by atoms with E-state index in [-0.39, 0.29) is 28.6 Å². The Hall–Kier alpha value is -4.38. The minimum atomic E-state index is -5.20. The molecule has 2 heterocycles. The molecule has 0 atom stereocenters. The van der Waals surface area contributed by atoms with Crippen molar-refractivity contribution < 1.29 is 25.9 Å². The number of rotatable bonds is 8. The van der Waals surface area contributed by atoms with Crippen molar-refractivity contribution in [1.82, 2.24) is 30.8 Å². The van der Waals surface area contributed by atoms with Gasteiger partial charge in [-0.15, -0.1) is 20.4 Å². The van der Waals surface area contributed by atoms with Gasteiger partial charge in [-0.2, -0.15) is 16.8 Å². The van der Waals surface area contributed by atoms with Crippen molar-refractivity contribution in [3.63, 3.8) is 0 Å². The Morgan fingerprint density at radius 1 is 0.667 bits per heavy atom. The largest absolute Gasteiger partial charge is 0.336 e. The molecule has 0 amide bonds. The minimum Gasteiger partial charge on any atom is -0.336 e. The van der Waals surface area contributed by atoms with Crippen molar-refractivity contribution in [3.8, 4) is 0 Å². The summed E-state index contributed by atoms with van der Waals surface area (Å²) in [4.78, 5) is -2.09. The summed E-state index contributed by atoms with van der Waals surface area (Å²) in [5.41, 5.74) is 0.268. The molecule has 0 spiro atoms. The van der Waals surface area contributed by atoms with Crippen molar-refractivity contribution in [2.24, 2.45) is 0 Å². The summed E-state index contributed by atoms with van der Waals surface area (Å²) in [7, 11) is -10.3. The molecule has 2 aromatic carbocycles. The lowest BCUT2D eigenvalue weighted by Gasteiger charge is -2.21. The van der Waals surface area contributed by atoms with Crippen LogP contribution in [0.1, 0.15) is 11.1 Å². The van der Waals surface area contributed by atoms with Gasteiger partial charge in [0.2, 0.25) is 0 Å². The molecule has 0 unspecified atom stereocenters. The van der Waals surface area contributed by atoms with E-state index in [2.05, 4.69) is 41.5 Å². The van der Waals surface area contributed by atoms with Gasteiger partial charge in [0, 0.05) is 23.3 Å². The van der Waals surface area contributed by atoms with Crippen molar-refractivity contribution >= 4 is 43.3 Å². The first-order valence-corrected chi connectivity index (χ1v) is 12.7. The zero-order chi connectivity index (χ0) is 25.8. The first kappa shape index (κ1) is 24.7. The standard InChI is InChI=1S/C20H16N8O6S2/c29-35(30,31)15-8-4-7-14(20(15)36(32,33)34)19(24-17-10-12-22-28-26-17)18(13-5-2-1-3-6-13)23-16-9-11-21-27-25-16/h1-12H,(H,21,23,25)(H,22,24,26)(H,29,30,31)(H,32,33,34). The molecule has 0 aliphatic rings. The molecule has 184 valence electrons. The first-order valence-electron chi connectivity index (χ1n) is 9.85. The van der Waals surface area contributed by atoms with Crippen molar-refractivity contribution in [3.05, 3.63) is 84.2 Å². The van der Waals surface area contributed by atoms with Gasteiger partial charge in [0.15, 0.2) is 11.6 Å². The second-order valence-electron chi connectivity index (χ2n) is 6.96. The van der Waals surface area contributed by atoms with Crippen LogP contribution in [-0.4, -0.2) is 56.8 Å². The molecule has 0 saturated carbocycles. The molecule has 0 aliphatic heterocycles. The fraction of sp³-hybridized carbons (Fsp3) is 0. The summed E-state index contributed by atoms with van der Waals surface area (Å²) < 4.78 is 68.7. The lowest BCUT2D eigenvalue weighted by Crippen LogP contribution is -2.16. The maximum atomic E-state index is 12.4. The van der Waals surface area contributed by atoms with Crippen molar-refractivity contribution in [1.29, 1.82) is 0 Å². The molecule has 0 bridgehead atoms. The van der Waals surface area contributed by atoms with Crippen LogP contribution in [0.2, 0.25) is 0 Å². The Labute approximate surface area is 204 Å². The Morgan fingerprint density at radius 2 is 1.25 bits per heavy atom. The predicted octanol–water partition coefficient (Wildman–Crippen LogP) is 1.60. The minimum absolute atomic E-state index is 0.0709. The van der Waals surface area contributed by atoms with Gasteiger partial charge in [0.1, 0.15) is 9.79 Å². The SMILES string of the molecule is O=S(=O)(O)c1cccc(C(Nc2ccnnn2)=C(Nc2ccnnn2)c2ccccc2)c1S(=O)(=O)O. The molecule has 4 aromatic rings.